The lowest BCUT2D eigenvalue weighted by atomic mass is 10.1. The Morgan fingerprint density at radius 2 is 1.87 bits per heavy atom. The summed E-state index contributed by atoms with van der Waals surface area (Å²) >= 11 is 9.57. The van der Waals surface area contributed by atoms with Gasteiger partial charge < -0.3 is 0 Å². The third-order valence-corrected chi connectivity index (χ3v) is 3.52. The van der Waals surface area contributed by atoms with Crippen molar-refractivity contribution in [2.45, 2.75) is 43.9 Å². The van der Waals surface area contributed by atoms with Crippen LogP contribution >= 0.6 is 27.5 Å². The van der Waals surface area contributed by atoms with E-state index in [9.17, 15) is 0 Å². The molecule has 1 aromatic rings. The molecule has 0 radical (unpaired) electrons. The van der Waals surface area contributed by atoms with Crippen molar-refractivity contribution in [3.63, 3.8) is 0 Å². The topological polar surface area (TPSA) is 0 Å². The maximum atomic E-state index is 5.84. The van der Waals surface area contributed by atoms with Gasteiger partial charge in [0.05, 0.1) is 0 Å². The molecule has 0 bridgehead atoms. The molecule has 1 atom stereocenters. The summed E-state index contributed by atoms with van der Waals surface area (Å²) < 4.78 is 0. The van der Waals surface area contributed by atoms with Crippen LogP contribution in [-0.2, 0) is 6.42 Å². The third-order valence-electron chi connectivity index (χ3n) is 2.49. The molecule has 0 saturated carbocycles. The van der Waals surface area contributed by atoms with Crippen LogP contribution in [0.4, 0.5) is 0 Å². The minimum atomic E-state index is 0.602. The highest BCUT2D eigenvalue weighted by Crippen LogP contribution is 2.18. The smallest absolute Gasteiger partial charge is 0.0406 e. The minimum absolute atomic E-state index is 0.602. The zero-order valence-electron chi connectivity index (χ0n) is 9.18. The van der Waals surface area contributed by atoms with Gasteiger partial charge >= 0.3 is 0 Å². The first-order valence-corrected chi connectivity index (χ1v) is 6.90. The maximum Gasteiger partial charge on any atom is 0.0406 e. The van der Waals surface area contributed by atoms with Crippen LogP contribution in [0.2, 0.25) is 5.02 Å². The normalized spacial score (nSPS) is 12.7. The second-order valence-corrected chi connectivity index (χ2v) is 5.66. The predicted molar refractivity (Wildman–Crippen MR) is 72.0 cm³/mol. The monoisotopic (exact) mass is 288 g/mol. The van der Waals surface area contributed by atoms with Crippen molar-refractivity contribution in [1.29, 1.82) is 0 Å². The van der Waals surface area contributed by atoms with E-state index in [1.165, 1.54) is 31.2 Å². The molecule has 84 valence electrons. The van der Waals surface area contributed by atoms with Crippen molar-refractivity contribution in [1.82, 2.24) is 0 Å². The average molecular weight is 290 g/mol. The van der Waals surface area contributed by atoms with E-state index in [0.717, 1.165) is 11.4 Å². The van der Waals surface area contributed by atoms with Crippen LogP contribution < -0.4 is 0 Å². The molecule has 15 heavy (non-hydrogen) atoms. The fraction of sp³-hybridized carbons (Fsp3) is 0.538. The molecule has 0 heterocycles. The molecule has 0 amide bonds. The molecule has 2 heteroatoms. The number of unbranched alkanes of at least 4 members (excludes halogenated alkanes) is 2. The van der Waals surface area contributed by atoms with Crippen LogP contribution in [0.5, 0.6) is 0 Å². The molecule has 0 aliphatic carbocycles. The number of hydrogen-bond donors (Lipinski definition) is 0. The van der Waals surface area contributed by atoms with Crippen molar-refractivity contribution in [3.05, 3.63) is 34.9 Å². The van der Waals surface area contributed by atoms with E-state index in [-0.39, 0.29) is 0 Å². The van der Waals surface area contributed by atoms with Gasteiger partial charge in [-0.05, 0) is 30.5 Å². The van der Waals surface area contributed by atoms with Gasteiger partial charge in [-0.15, -0.1) is 0 Å². The first-order chi connectivity index (χ1) is 7.22. The SMILES string of the molecule is CCCCCC(Br)Cc1ccc(Cl)cc1. The molecular weight excluding hydrogens is 272 g/mol. The lowest BCUT2D eigenvalue weighted by Crippen LogP contribution is -2.02. The highest BCUT2D eigenvalue weighted by Gasteiger charge is 2.04. The Labute approximate surface area is 106 Å². The molecule has 0 aliphatic heterocycles. The van der Waals surface area contributed by atoms with Crippen LogP contribution in [0.15, 0.2) is 24.3 Å². The fourth-order valence-corrected chi connectivity index (χ4v) is 2.42. The van der Waals surface area contributed by atoms with Crippen LogP contribution in [0.25, 0.3) is 0 Å². The van der Waals surface area contributed by atoms with Crippen LogP contribution in [0.3, 0.4) is 0 Å². The Balaban J connectivity index is 2.31. The van der Waals surface area contributed by atoms with E-state index in [1.54, 1.807) is 0 Å². The van der Waals surface area contributed by atoms with Crippen LogP contribution in [-0.4, -0.2) is 4.83 Å². The van der Waals surface area contributed by atoms with Crippen LogP contribution in [0.1, 0.15) is 38.2 Å². The molecule has 1 aromatic carbocycles. The summed E-state index contributed by atoms with van der Waals surface area (Å²) in [6.45, 7) is 2.24. The van der Waals surface area contributed by atoms with Crippen molar-refractivity contribution in [2.24, 2.45) is 0 Å². The Morgan fingerprint density at radius 1 is 1.20 bits per heavy atom. The van der Waals surface area contributed by atoms with Gasteiger partial charge in [0.25, 0.3) is 0 Å². The molecular formula is C13H18BrCl. The van der Waals surface area contributed by atoms with E-state index in [4.69, 9.17) is 11.6 Å². The summed E-state index contributed by atoms with van der Waals surface area (Å²) in [7, 11) is 0. The Morgan fingerprint density at radius 3 is 2.47 bits per heavy atom. The van der Waals surface area contributed by atoms with Crippen LogP contribution in [0, 0.1) is 0 Å². The summed E-state index contributed by atoms with van der Waals surface area (Å²) in [5.41, 5.74) is 1.36. The van der Waals surface area contributed by atoms with Gasteiger partial charge in [-0.25, -0.2) is 0 Å². The standard InChI is InChI=1S/C13H18BrCl/c1-2-3-4-5-12(14)10-11-6-8-13(15)9-7-11/h6-9,12H,2-5,10H2,1H3. The number of benzene rings is 1. The van der Waals surface area contributed by atoms with Crippen molar-refractivity contribution < 1.29 is 0 Å². The number of hydrogen-bond acceptors (Lipinski definition) is 0. The van der Waals surface area contributed by atoms with Gasteiger partial charge in [0, 0.05) is 9.85 Å². The molecule has 0 nitrogen and oxygen atoms in total. The van der Waals surface area contributed by atoms with E-state index in [0.29, 0.717) is 4.83 Å². The number of alkyl halides is 1. The largest absolute Gasteiger partial charge is 0.0887 e. The Hall–Kier alpha value is -0.0100. The van der Waals surface area contributed by atoms with Gasteiger partial charge in [0.1, 0.15) is 0 Å². The van der Waals surface area contributed by atoms with Gasteiger partial charge in [0.15, 0.2) is 0 Å². The van der Waals surface area contributed by atoms with Crippen molar-refractivity contribution >= 4 is 27.5 Å². The van der Waals surface area contributed by atoms with Crippen molar-refractivity contribution in [3.8, 4) is 0 Å². The Kier molecular flexibility index (Phi) is 6.35. The molecule has 0 spiro atoms. The average Bonchev–Trinajstić information content (AvgIpc) is 2.22. The minimum Gasteiger partial charge on any atom is -0.0887 e. The van der Waals surface area contributed by atoms with Gasteiger partial charge in [-0.1, -0.05) is 65.8 Å². The summed E-state index contributed by atoms with van der Waals surface area (Å²) in [5.74, 6) is 0. The summed E-state index contributed by atoms with van der Waals surface area (Å²) in [6.07, 6.45) is 6.31. The fourth-order valence-electron chi connectivity index (χ4n) is 1.59. The zero-order valence-corrected chi connectivity index (χ0v) is 11.5. The van der Waals surface area contributed by atoms with E-state index in [1.807, 2.05) is 12.1 Å². The van der Waals surface area contributed by atoms with Gasteiger partial charge in [-0.2, -0.15) is 0 Å². The second-order valence-electron chi connectivity index (χ2n) is 3.92. The molecule has 0 aromatic heterocycles. The first kappa shape index (κ1) is 13.1. The summed E-state index contributed by atoms with van der Waals surface area (Å²) in [6, 6.07) is 8.14. The quantitative estimate of drug-likeness (QED) is 0.497. The van der Waals surface area contributed by atoms with Gasteiger partial charge in [0.2, 0.25) is 0 Å². The second kappa shape index (κ2) is 7.29. The molecule has 0 aliphatic rings. The highest BCUT2D eigenvalue weighted by molar-refractivity contribution is 9.09. The first-order valence-electron chi connectivity index (χ1n) is 5.61. The maximum absolute atomic E-state index is 5.84. The molecule has 1 rings (SSSR count). The number of rotatable bonds is 6. The van der Waals surface area contributed by atoms with E-state index in [2.05, 4.69) is 35.0 Å². The lowest BCUT2D eigenvalue weighted by molar-refractivity contribution is 0.648. The molecule has 0 N–H and O–H groups in total. The highest BCUT2D eigenvalue weighted by atomic mass is 79.9. The molecule has 0 fully saturated rings. The van der Waals surface area contributed by atoms with Crippen molar-refractivity contribution in [2.75, 3.05) is 0 Å². The molecule has 1 unspecified atom stereocenters. The zero-order chi connectivity index (χ0) is 11.1. The summed E-state index contributed by atoms with van der Waals surface area (Å²) in [4.78, 5) is 0.602. The Bertz CT molecular complexity index is 268. The predicted octanol–water partition coefficient (Wildman–Crippen LogP) is 5.23. The number of halogens is 2. The third kappa shape index (κ3) is 5.58. The molecule has 0 saturated heterocycles. The lowest BCUT2D eigenvalue weighted by Gasteiger charge is -2.09. The van der Waals surface area contributed by atoms with E-state index < -0.39 is 0 Å². The summed E-state index contributed by atoms with van der Waals surface area (Å²) in [5, 5.41) is 0.816. The van der Waals surface area contributed by atoms with E-state index >= 15 is 0 Å². The van der Waals surface area contributed by atoms with Gasteiger partial charge in [-0.3, -0.25) is 0 Å².